The molecule has 1 saturated heterocycles. The minimum absolute atomic E-state index is 0.0364. The van der Waals surface area contributed by atoms with E-state index in [4.69, 9.17) is 10.6 Å². The Labute approximate surface area is 117 Å². The van der Waals surface area contributed by atoms with Gasteiger partial charge < -0.3 is 15.1 Å². The molecular formula is C13H20N4O3. The summed E-state index contributed by atoms with van der Waals surface area (Å²) in [4.78, 5) is 12.6. The van der Waals surface area contributed by atoms with Crippen LogP contribution in [0.3, 0.4) is 0 Å². The van der Waals surface area contributed by atoms with Crippen molar-refractivity contribution >= 4 is 17.1 Å². The fourth-order valence-electron chi connectivity index (χ4n) is 2.43. The van der Waals surface area contributed by atoms with Crippen LogP contribution in [-0.2, 0) is 4.74 Å². The summed E-state index contributed by atoms with van der Waals surface area (Å²) in [6.07, 6.45) is 2.06. The van der Waals surface area contributed by atoms with Crippen LogP contribution in [-0.4, -0.2) is 31.7 Å². The van der Waals surface area contributed by atoms with E-state index in [-0.39, 0.29) is 5.69 Å². The number of nitrogens with two attached hydrogens (primary N) is 1. The molecule has 0 saturated carbocycles. The van der Waals surface area contributed by atoms with Gasteiger partial charge in [-0.1, -0.05) is 0 Å². The van der Waals surface area contributed by atoms with E-state index in [1.807, 2.05) is 18.0 Å². The smallest absolute Gasteiger partial charge is 0.273 e. The second-order valence-corrected chi connectivity index (χ2v) is 5.08. The summed E-state index contributed by atoms with van der Waals surface area (Å²) in [5, 5.41) is 10.9. The zero-order valence-electron chi connectivity index (χ0n) is 11.5. The molecule has 0 radical (unpaired) electrons. The van der Waals surface area contributed by atoms with Crippen LogP contribution in [0.1, 0.15) is 12.8 Å². The summed E-state index contributed by atoms with van der Waals surface area (Å²) in [6.45, 7) is 2.45. The number of nitro groups is 1. The van der Waals surface area contributed by atoms with Crippen LogP contribution in [0.2, 0.25) is 0 Å². The van der Waals surface area contributed by atoms with E-state index in [9.17, 15) is 10.1 Å². The van der Waals surface area contributed by atoms with E-state index in [0.29, 0.717) is 11.6 Å². The Hall–Kier alpha value is -1.86. The molecule has 2 rings (SSSR count). The van der Waals surface area contributed by atoms with Crippen LogP contribution in [0, 0.1) is 16.0 Å². The molecule has 3 N–H and O–H groups in total. The van der Waals surface area contributed by atoms with Crippen molar-refractivity contribution in [3.8, 4) is 0 Å². The molecule has 1 aliphatic heterocycles. The molecule has 0 amide bonds. The Kier molecular flexibility index (Phi) is 4.75. The number of hydrogen-bond donors (Lipinski definition) is 2. The number of nitrogens with zero attached hydrogens (tertiary/aromatic N) is 2. The van der Waals surface area contributed by atoms with E-state index in [0.717, 1.165) is 38.3 Å². The number of rotatable bonds is 5. The van der Waals surface area contributed by atoms with E-state index >= 15 is 0 Å². The Morgan fingerprint density at radius 3 is 2.75 bits per heavy atom. The number of nitrogen functional groups attached to an aromatic ring is 1. The zero-order chi connectivity index (χ0) is 14.5. The second-order valence-electron chi connectivity index (χ2n) is 5.08. The first-order valence-corrected chi connectivity index (χ1v) is 6.65. The van der Waals surface area contributed by atoms with Gasteiger partial charge in [0.2, 0.25) is 0 Å². The molecule has 1 fully saturated rings. The van der Waals surface area contributed by atoms with Crippen LogP contribution >= 0.6 is 0 Å². The third kappa shape index (κ3) is 3.58. The number of nitrogens with one attached hydrogen (secondary N) is 1. The summed E-state index contributed by atoms with van der Waals surface area (Å²) >= 11 is 0. The lowest BCUT2D eigenvalue weighted by Crippen LogP contribution is -2.29. The van der Waals surface area contributed by atoms with Crippen LogP contribution in [0.25, 0.3) is 0 Å². The van der Waals surface area contributed by atoms with Crippen LogP contribution in [0.4, 0.5) is 17.1 Å². The van der Waals surface area contributed by atoms with Crippen LogP contribution < -0.4 is 16.2 Å². The van der Waals surface area contributed by atoms with E-state index < -0.39 is 4.92 Å². The largest absolute Gasteiger partial charge is 0.381 e. The summed E-state index contributed by atoms with van der Waals surface area (Å²) in [5.74, 6) is 5.92. The second kappa shape index (κ2) is 6.53. The molecule has 0 spiro atoms. The molecule has 110 valence electrons. The van der Waals surface area contributed by atoms with Gasteiger partial charge in [0.15, 0.2) is 0 Å². The number of hydrogen-bond acceptors (Lipinski definition) is 6. The predicted octanol–water partition coefficient (Wildman–Crippen LogP) is 1.74. The lowest BCUT2D eigenvalue weighted by Gasteiger charge is -2.28. The monoisotopic (exact) mass is 280 g/mol. The first-order valence-electron chi connectivity index (χ1n) is 6.65. The van der Waals surface area contributed by atoms with Crippen molar-refractivity contribution < 1.29 is 9.66 Å². The molecule has 1 aliphatic rings. The number of nitro benzene ring substituents is 1. The Bertz CT molecular complexity index is 475. The zero-order valence-corrected chi connectivity index (χ0v) is 11.5. The summed E-state index contributed by atoms with van der Waals surface area (Å²) < 4.78 is 5.34. The first kappa shape index (κ1) is 14.5. The third-order valence-electron chi connectivity index (χ3n) is 3.59. The van der Waals surface area contributed by atoms with Gasteiger partial charge in [-0.3, -0.25) is 16.0 Å². The maximum atomic E-state index is 10.9. The van der Waals surface area contributed by atoms with Crippen molar-refractivity contribution in [3.63, 3.8) is 0 Å². The lowest BCUT2D eigenvalue weighted by atomic mass is 9.99. The molecule has 0 unspecified atom stereocenters. The topological polar surface area (TPSA) is 93.7 Å². The van der Waals surface area contributed by atoms with Crippen molar-refractivity contribution in [1.82, 2.24) is 0 Å². The highest BCUT2D eigenvalue weighted by Gasteiger charge is 2.18. The van der Waals surface area contributed by atoms with Gasteiger partial charge in [-0.25, -0.2) is 0 Å². The van der Waals surface area contributed by atoms with E-state index in [1.165, 1.54) is 6.07 Å². The molecule has 1 heterocycles. The number of non-ortho nitro benzene ring substituents is 1. The molecule has 0 bridgehead atoms. The Balaban J connectivity index is 2.13. The number of ether oxygens (including phenoxy) is 1. The molecule has 20 heavy (non-hydrogen) atoms. The molecule has 7 nitrogen and oxygen atoms in total. The molecule has 0 atom stereocenters. The number of anilines is 2. The van der Waals surface area contributed by atoms with Crippen LogP contribution in [0.15, 0.2) is 18.2 Å². The Morgan fingerprint density at radius 2 is 2.15 bits per heavy atom. The molecule has 1 aromatic carbocycles. The molecule has 0 aromatic heterocycles. The van der Waals surface area contributed by atoms with Crippen molar-refractivity contribution in [2.45, 2.75) is 12.8 Å². The predicted molar refractivity (Wildman–Crippen MR) is 77.7 cm³/mol. The fraction of sp³-hybridized carbons (Fsp3) is 0.538. The highest BCUT2D eigenvalue weighted by molar-refractivity contribution is 5.63. The SMILES string of the molecule is CN(CC1CCOCC1)c1cc(NN)cc([N+](=O)[O-])c1. The molecule has 7 heteroatoms. The highest BCUT2D eigenvalue weighted by Crippen LogP contribution is 2.27. The fourth-order valence-corrected chi connectivity index (χ4v) is 2.43. The van der Waals surface area contributed by atoms with Gasteiger partial charge in [0.25, 0.3) is 5.69 Å². The van der Waals surface area contributed by atoms with Gasteiger partial charge in [0.1, 0.15) is 0 Å². The summed E-state index contributed by atoms with van der Waals surface area (Å²) in [7, 11) is 1.94. The summed E-state index contributed by atoms with van der Waals surface area (Å²) in [5.41, 5.74) is 3.83. The van der Waals surface area contributed by atoms with Gasteiger partial charge in [0, 0.05) is 44.6 Å². The maximum absolute atomic E-state index is 10.9. The minimum Gasteiger partial charge on any atom is -0.381 e. The number of hydrazine groups is 1. The third-order valence-corrected chi connectivity index (χ3v) is 3.59. The van der Waals surface area contributed by atoms with Gasteiger partial charge in [0.05, 0.1) is 10.6 Å². The lowest BCUT2D eigenvalue weighted by molar-refractivity contribution is -0.384. The van der Waals surface area contributed by atoms with E-state index in [1.54, 1.807) is 6.07 Å². The molecule has 0 aliphatic carbocycles. The number of benzene rings is 1. The molecule has 1 aromatic rings. The minimum atomic E-state index is -0.410. The average Bonchev–Trinajstić information content (AvgIpc) is 2.47. The first-order chi connectivity index (χ1) is 9.60. The summed E-state index contributed by atoms with van der Waals surface area (Å²) in [6, 6.07) is 4.80. The Morgan fingerprint density at radius 1 is 1.45 bits per heavy atom. The van der Waals surface area contributed by atoms with Crippen molar-refractivity contribution in [2.24, 2.45) is 11.8 Å². The van der Waals surface area contributed by atoms with Crippen molar-refractivity contribution in [3.05, 3.63) is 28.3 Å². The van der Waals surface area contributed by atoms with E-state index in [2.05, 4.69) is 5.43 Å². The van der Waals surface area contributed by atoms with Crippen molar-refractivity contribution in [1.29, 1.82) is 0 Å². The van der Waals surface area contributed by atoms with Gasteiger partial charge in [-0.05, 0) is 24.8 Å². The van der Waals surface area contributed by atoms with Gasteiger partial charge in [-0.2, -0.15) is 0 Å². The highest BCUT2D eigenvalue weighted by atomic mass is 16.6. The van der Waals surface area contributed by atoms with Gasteiger partial charge >= 0.3 is 0 Å². The maximum Gasteiger partial charge on any atom is 0.273 e. The van der Waals surface area contributed by atoms with Gasteiger partial charge in [-0.15, -0.1) is 0 Å². The average molecular weight is 280 g/mol. The van der Waals surface area contributed by atoms with Crippen LogP contribution in [0.5, 0.6) is 0 Å². The quantitative estimate of drug-likeness (QED) is 0.485. The normalized spacial score (nSPS) is 15.9. The molecular weight excluding hydrogens is 260 g/mol. The van der Waals surface area contributed by atoms with Crippen molar-refractivity contribution in [2.75, 3.05) is 37.1 Å². The standard InChI is InChI=1S/C13H20N4O3/c1-16(9-10-2-4-20-5-3-10)12-6-11(15-14)7-13(8-12)17(18)19/h6-8,10,15H,2-5,9,14H2,1H3.